The fourth-order valence-corrected chi connectivity index (χ4v) is 2.70. The highest BCUT2D eigenvalue weighted by Gasteiger charge is 2.35. The lowest BCUT2D eigenvalue weighted by molar-refractivity contribution is -0.148. The third-order valence-corrected chi connectivity index (χ3v) is 4.07. The molecule has 1 atom stereocenters. The van der Waals surface area contributed by atoms with Gasteiger partial charge < -0.3 is 4.74 Å². The van der Waals surface area contributed by atoms with Crippen LogP contribution < -0.4 is 0 Å². The van der Waals surface area contributed by atoms with Crippen molar-refractivity contribution in [2.45, 2.75) is 19.4 Å². The highest BCUT2D eigenvalue weighted by atomic mass is 19.1. The molecule has 0 radical (unpaired) electrons. The molecule has 6 heteroatoms. The van der Waals surface area contributed by atoms with Crippen LogP contribution in [0.2, 0.25) is 0 Å². The van der Waals surface area contributed by atoms with Crippen LogP contribution in [0.4, 0.5) is 4.39 Å². The van der Waals surface area contributed by atoms with Crippen molar-refractivity contribution in [1.82, 2.24) is 4.90 Å². The monoisotopic (exact) mass is 341 g/mol. The van der Waals surface area contributed by atoms with E-state index in [0.29, 0.717) is 16.7 Å². The highest BCUT2D eigenvalue weighted by molar-refractivity contribution is 6.21. The number of carbonyl (C=O) groups excluding carboxylic acids is 3. The van der Waals surface area contributed by atoms with Gasteiger partial charge in [-0.25, -0.2) is 4.39 Å². The summed E-state index contributed by atoms with van der Waals surface area (Å²) in [5.41, 5.74) is 1.36. The van der Waals surface area contributed by atoms with E-state index in [1.54, 1.807) is 31.2 Å². The number of halogens is 1. The van der Waals surface area contributed by atoms with E-state index in [9.17, 15) is 18.8 Å². The Bertz CT molecular complexity index is 797. The fraction of sp³-hybridized carbons (Fsp3) is 0.211. The van der Waals surface area contributed by atoms with Gasteiger partial charge in [0.05, 0.1) is 17.5 Å². The van der Waals surface area contributed by atoms with Crippen molar-refractivity contribution in [2.24, 2.45) is 0 Å². The Hall–Kier alpha value is -3.02. The maximum atomic E-state index is 12.9. The summed E-state index contributed by atoms with van der Waals surface area (Å²) in [6.45, 7) is 1.63. The molecule has 0 fully saturated rings. The third kappa shape index (κ3) is 3.42. The molecule has 5 nitrogen and oxygen atoms in total. The van der Waals surface area contributed by atoms with Crippen molar-refractivity contribution in [3.63, 3.8) is 0 Å². The number of imide groups is 1. The molecular formula is C19H16FNO4. The van der Waals surface area contributed by atoms with Crippen molar-refractivity contribution in [3.8, 4) is 0 Å². The molecule has 0 saturated carbocycles. The second-order valence-electron chi connectivity index (χ2n) is 5.74. The maximum Gasteiger partial charge on any atom is 0.308 e. The molecule has 2 amide bonds. The van der Waals surface area contributed by atoms with Crippen LogP contribution in [0.25, 0.3) is 0 Å². The summed E-state index contributed by atoms with van der Waals surface area (Å²) in [6, 6.07) is 12.2. The maximum absolute atomic E-state index is 12.9. The van der Waals surface area contributed by atoms with Crippen LogP contribution in [0.15, 0.2) is 48.5 Å². The SMILES string of the molecule is CC(OC(=O)CCN1C(=O)c2ccccc2C1=O)c1ccc(F)cc1. The van der Waals surface area contributed by atoms with E-state index in [4.69, 9.17) is 4.74 Å². The van der Waals surface area contributed by atoms with Gasteiger partial charge in [-0.1, -0.05) is 24.3 Å². The first-order chi connectivity index (χ1) is 12.0. The van der Waals surface area contributed by atoms with Gasteiger partial charge in [-0.3, -0.25) is 19.3 Å². The van der Waals surface area contributed by atoms with Crippen molar-refractivity contribution < 1.29 is 23.5 Å². The highest BCUT2D eigenvalue weighted by Crippen LogP contribution is 2.23. The molecule has 3 rings (SSSR count). The van der Waals surface area contributed by atoms with Crippen LogP contribution in [0.5, 0.6) is 0 Å². The minimum Gasteiger partial charge on any atom is -0.458 e. The summed E-state index contributed by atoms with van der Waals surface area (Å²) in [7, 11) is 0. The Kier molecular flexibility index (Phi) is 4.61. The van der Waals surface area contributed by atoms with E-state index in [-0.39, 0.29) is 18.8 Å². The van der Waals surface area contributed by atoms with E-state index in [1.165, 1.54) is 24.3 Å². The Labute approximate surface area is 144 Å². The molecule has 1 aliphatic heterocycles. The number of rotatable bonds is 5. The number of esters is 1. The van der Waals surface area contributed by atoms with Crippen LogP contribution in [0.3, 0.4) is 0 Å². The average Bonchev–Trinajstić information content (AvgIpc) is 2.85. The van der Waals surface area contributed by atoms with Gasteiger partial charge in [0.1, 0.15) is 11.9 Å². The number of nitrogens with zero attached hydrogens (tertiary/aromatic N) is 1. The summed E-state index contributed by atoms with van der Waals surface area (Å²) in [4.78, 5) is 37.5. The summed E-state index contributed by atoms with van der Waals surface area (Å²) in [5, 5.41) is 0. The van der Waals surface area contributed by atoms with Crippen LogP contribution in [0, 0.1) is 5.82 Å². The molecule has 0 bridgehead atoms. The largest absolute Gasteiger partial charge is 0.458 e. The van der Waals surface area contributed by atoms with E-state index >= 15 is 0 Å². The number of carbonyl (C=O) groups is 3. The van der Waals surface area contributed by atoms with Gasteiger partial charge in [-0.05, 0) is 36.8 Å². The van der Waals surface area contributed by atoms with Gasteiger partial charge in [0.15, 0.2) is 0 Å². The zero-order valence-electron chi connectivity index (χ0n) is 13.6. The summed E-state index contributed by atoms with van der Waals surface area (Å²) in [5.74, 6) is -1.71. The quantitative estimate of drug-likeness (QED) is 0.619. The predicted molar refractivity (Wildman–Crippen MR) is 87.3 cm³/mol. The zero-order chi connectivity index (χ0) is 18.0. The van der Waals surface area contributed by atoms with Gasteiger partial charge >= 0.3 is 5.97 Å². The van der Waals surface area contributed by atoms with E-state index in [0.717, 1.165) is 4.90 Å². The Morgan fingerprint density at radius 1 is 1.04 bits per heavy atom. The van der Waals surface area contributed by atoms with Crippen LogP contribution in [0.1, 0.15) is 45.7 Å². The molecule has 1 aliphatic rings. The van der Waals surface area contributed by atoms with E-state index in [2.05, 4.69) is 0 Å². The first-order valence-corrected chi connectivity index (χ1v) is 7.87. The van der Waals surface area contributed by atoms with Crippen molar-refractivity contribution in [2.75, 3.05) is 6.54 Å². The van der Waals surface area contributed by atoms with Crippen molar-refractivity contribution in [3.05, 3.63) is 71.0 Å². The normalized spacial score (nSPS) is 14.4. The number of hydrogen-bond acceptors (Lipinski definition) is 4. The molecule has 128 valence electrons. The zero-order valence-corrected chi connectivity index (χ0v) is 13.6. The predicted octanol–water partition coefficient (Wildman–Crippen LogP) is 3.12. The minimum atomic E-state index is -0.546. The van der Waals surface area contributed by atoms with Crippen LogP contribution in [-0.2, 0) is 9.53 Å². The Morgan fingerprint density at radius 2 is 1.60 bits per heavy atom. The van der Waals surface area contributed by atoms with Crippen LogP contribution >= 0.6 is 0 Å². The van der Waals surface area contributed by atoms with Gasteiger partial charge in [0.2, 0.25) is 0 Å². The lowest BCUT2D eigenvalue weighted by Crippen LogP contribution is -2.32. The second-order valence-corrected chi connectivity index (χ2v) is 5.74. The van der Waals surface area contributed by atoms with Crippen LogP contribution in [-0.4, -0.2) is 29.2 Å². The summed E-state index contributed by atoms with van der Waals surface area (Å²) in [6.07, 6.45) is -0.646. The first-order valence-electron chi connectivity index (χ1n) is 7.87. The van der Waals surface area contributed by atoms with E-state index < -0.39 is 23.9 Å². The van der Waals surface area contributed by atoms with Gasteiger partial charge in [-0.15, -0.1) is 0 Å². The minimum absolute atomic E-state index is 0.0404. The number of fused-ring (bicyclic) bond motifs is 1. The molecule has 0 N–H and O–H groups in total. The third-order valence-electron chi connectivity index (χ3n) is 4.07. The molecule has 2 aromatic carbocycles. The average molecular weight is 341 g/mol. The molecule has 1 unspecified atom stereocenters. The number of benzene rings is 2. The van der Waals surface area contributed by atoms with Gasteiger partial charge in [0.25, 0.3) is 11.8 Å². The standard InChI is InChI=1S/C19H16FNO4/c1-12(13-6-8-14(20)9-7-13)25-17(22)10-11-21-18(23)15-4-2-3-5-16(15)19(21)24/h2-9,12H,10-11H2,1H3. The molecule has 0 saturated heterocycles. The number of amides is 2. The molecule has 0 aromatic heterocycles. The summed E-state index contributed by atoms with van der Waals surface area (Å²) < 4.78 is 18.2. The molecule has 0 aliphatic carbocycles. The molecule has 25 heavy (non-hydrogen) atoms. The topological polar surface area (TPSA) is 63.7 Å². The number of hydrogen-bond donors (Lipinski definition) is 0. The van der Waals surface area contributed by atoms with Crippen molar-refractivity contribution in [1.29, 1.82) is 0 Å². The number of ether oxygens (including phenoxy) is 1. The van der Waals surface area contributed by atoms with Gasteiger partial charge in [-0.2, -0.15) is 0 Å². The molecule has 1 heterocycles. The molecular weight excluding hydrogens is 325 g/mol. The fourth-order valence-electron chi connectivity index (χ4n) is 2.70. The lowest BCUT2D eigenvalue weighted by atomic mass is 10.1. The smallest absolute Gasteiger partial charge is 0.308 e. The molecule has 2 aromatic rings. The van der Waals surface area contributed by atoms with Crippen molar-refractivity contribution >= 4 is 17.8 Å². The molecule has 0 spiro atoms. The van der Waals surface area contributed by atoms with Gasteiger partial charge in [0, 0.05) is 6.54 Å². The second kappa shape index (κ2) is 6.84. The Morgan fingerprint density at radius 3 is 2.16 bits per heavy atom. The van der Waals surface area contributed by atoms with E-state index in [1.807, 2.05) is 0 Å². The lowest BCUT2D eigenvalue weighted by Gasteiger charge is -2.16. The summed E-state index contributed by atoms with van der Waals surface area (Å²) >= 11 is 0. The first kappa shape index (κ1) is 16.8. The Balaban J connectivity index is 1.57.